The van der Waals surface area contributed by atoms with Crippen LogP contribution in [0, 0.1) is 6.92 Å². The maximum atomic E-state index is 12.3. The van der Waals surface area contributed by atoms with Crippen molar-refractivity contribution in [1.29, 1.82) is 0 Å². The lowest BCUT2D eigenvalue weighted by molar-refractivity contribution is 0.0881. The fourth-order valence-corrected chi connectivity index (χ4v) is 2.41. The van der Waals surface area contributed by atoms with E-state index in [1.165, 1.54) is 4.68 Å². The largest absolute Gasteiger partial charge is 0.491 e. The molecule has 1 heterocycles. The summed E-state index contributed by atoms with van der Waals surface area (Å²) in [4.78, 5) is 12.3. The van der Waals surface area contributed by atoms with Crippen LogP contribution in [0.1, 0.15) is 5.56 Å². The Morgan fingerprint density at radius 3 is 2.87 bits per heavy atom. The van der Waals surface area contributed by atoms with Crippen molar-refractivity contribution in [3.8, 4) is 5.75 Å². The van der Waals surface area contributed by atoms with E-state index in [1.807, 2.05) is 49.4 Å². The second kappa shape index (κ2) is 6.62. The van der Waals surface area contributed by atoms with Crippen molar-refractivity contribution in [2.24, 2.45) is 0 Å². The number of aromatic nitrogens is 2. The van der Waals surface area contributed by atoms with Gasteiger partial charge in [-0.05, 0) is 30.7 Å². The normalized spacial score (nSPS) is 12.3. The van der Waals surface area contributed by atoms with Crippen molar-refractivity contribution in [3.05, 3.63) is 70.6 Å². The molecule has 0 saturated carbocycles. The Kier molecular flexibility index (Phi) is 4.39. The first-order chi connectivity index (χ1) is 11.1. The van der Waals surface area contributed by atoms with Crippen LogP contribution < -0.4 is 10.3 Å². The summed E-state index contributed by atoms with van der Waals surface area (Å²) in [5.74, 6) is 0.697. The highest BCUT2D eigenvalue weighted by atomic mass is 16.5. The van der Waals surface area contributed by atoms with Crippen LogP contribution in [-0.4, -0.2) is 27.6 Å². The highest BCUT2D eigenvalue weighted by Crippen LogP contribution is 2.12. The molecule has 0 aliphatic rings. The number of nitrogens with zero attached hydrogens (tertiary/aromatic N) is 2. The molecular formula is C18H18N2O3. The van der Waals surface area contributed by atoms with Gasteiger partial charge in [-0.3, -0.25) is 4.79 Å². The Morgan fingerprint density at radius 1 is 1.22 bits per heavy atom. The minimum atomic E-state index is -0.818. The van der Waals surface area contributed by atoms with E-state index in [-0.39, 0.29) is 18.7 Å². The lowest BCUT2D eigenvalue weighted by Gasteiger charge is -2.13. The molecule has 2 aromatic carbocycles. The zero-order valence-electron chi connectivity index (χ0n) is 12.8. The summed E-state index contributed by atoms with van der Waals surface area (Å²) in [6.07, 6.45) is 0.812. The van der Waals surface area contributed by atoms with Gasteiger partial charge in [0.1, 0.15) is 18.5 Å². The molecule has 0 amide bonds. The number of aryl methyl sites for hydroxylation is 1. The molecule has 3 aromatic rings. The molecule has 3 rings (SSSR count). The van der Waals surface area contributed by atoms with Gasteiger partial charge in [0.25, 0.3) is 5.56 Å². The molecule has 5 nitrogen and oxygen atoms in total. The summed E-state index contributed by atoms with van der Waals surface area (Å²) in [5, 5.41) is 15.6. The molecule has 0 aliphatic heterocycles. The van der Waals surface area contributed by atoms with Gasteiger partial charge in [0.15, 0.2) is 0 Å². The Hall–Kier alpha value is -2.66. The number of rotatable bonds is 5. The third-order valence-electron chi connectivity index (χ3n) is 3.58. The summed E-state index contributed by atoms with van der Waals surface area (Å²) < 4.78 is 6.83. The third kappa shape index (κ3) is 3.57. The molecule has 5 heteroatoms. The molecule has 0 spiro atoms. The first-order valence-electron chi connectivity index (χ1n) is 7.46. The highest BCUT2D eigenvalue weighted by Gasteiger charge is 2.10. The van der Waals surface area contributed by atoms with E-state index >= 15 is 0 Å². The Labute approximate surface area is 133 Å². The Balaban J connectivity index is 1.69. The second-order valence-electron chi connectivity index (χ2n) is 5.50. The Morgan fingerprint density at radius 2 is 2.04 bits per heavy atom. The molecule has 0 bridgehead atoms. The predicted molar refractivity (Wildman–Crippen MR) is 88.7 cm³/mol. The number of ether oxygens (including phenoxy) is 1. The van der Waals surface area contributed by atoms with Gasteiger partial charge in [0.05, 0.1) is 18.1 Å². The van der Waals surface area contributed by atoms with Crippen LogP contribution in [0.2, 0.25) is 0 Å². The van der Waals surface area contributed by atoms with Gasteiger partial charge in [0, 0.05) is 5.39 Å². The molecule has 118 valence electrons. The smallest absolute Gasteiger partial charge is 0.274 e. The van der Waals surface area contributed by atoms with Gasteiger partial charge in [-0.15, -0.1) is 0 Å². The Bertz CT molecular complexity index is 873. The SMILES string of the molecule is Cc1cccc(OCC(O)Cn2ncc3ccccc3c2=O)c1. The summed E-state index contributed by atoms with van der Waals surface area (Å²) in [6, 6.07) is 14.9. The number of hydrogen-bond donors (Lipinski definition) is 1. The molecule has 1 aromatic heterocycles. The fraction of sp³-hybridized carbons (Fsp3) is 0.222. The van der Waals surface area contributed by atoms with Crippen LogP contribution in [0.3, 0.4) is 0 Å². The zero-order valence-corrected chi connectivity index (χ0v) is 12.8. The van der Waals surface area contributed by atoms with Gasteiger partial charge in [-0.25, -0.2) is 4.68 Å². The summed E-state index contributed by atoms with van der Waals surface area (Å²) in [5.41, 5.74) is 0.877. The number of fused-ring (bicyclic) bond motifs is 1. The van der Waals surface area contributed by atoms with Crippen molar-refractivity contribution in [2.75, 3.05) is 6.61 Å². The van der Waals surface area contributed by atoms with Gasteiger partial charge < -0.3 is 9.84 Å². The first-order valence-corrected chi connectivity index (χ1v) is 7.46. The van der Waals surface area contributed by atoms with Gasteiger partial charge in [0.2, 0.25) is 0 Å². The van der Waals surface area contributed by atoms with Gasteiger partial charge in [-0.1, -0.05) is 30.3 Å². The predicted octanol–water partition coefficient (Wildman–Crippen LogP) is 2.14. The average Bonchev–Trinajstić information content (AvgIpc) is 2.56. The maximum Gasteiger partial charge on any atom is 0.274 e. The first kappa shape index (κ1) is 15.2. The molecule has 0 saturated heterocycles. The molecule has 1 N–H and O–H groups in total. The van der Waals surface area contributed by atoms with Crippen LogP contribution in [0.5, 0.6) is 5.75 Å². The lowest BCUT2D eigenvalue weighted by Crippen LogP contribution is -2.31. The molecule has 1 atom stereocenters. The van der Waals surface area contributed by atoms with E-state index in [2.05, 4.69) is 5.10 Å². The summed E-state index contributed by atoms with van der Waals surface area (Å²) >= 11 is 0. The number of aliphatic hydroxyl groups excluding tert-OH is 1. The lowest BCUT2D eigenvalue weighted by atomic mass is 10.2. The minimum Gasteiger partial charge on any atom is -0.491 e. The minimum absolute atomic E-state index is 0.0927. The summed E-state index contributed by atoms with van der Waals surface area (Å²) in [7, 11) is 0. The quantitative estimate of drug-likeness (QED) is 0.784. The van der Waals surface area contributed by atoms with E-state index in [9.17, 15) is 9.90 Å². The summed E-state index contributed by atoms with van der Waals surface area (Å²) in [6.45, 7) is 2.17. The second-order valence-corrected chi connectivity index (χ2v) is 5.50. The van der Waals surface area contributed by atoms with Crippen LogP contribution >= 0.6 is 0 Å². The van der Waals surface area contributed by atoms with Crippen molar-refractivity contribution in [1.82, 2.24) is 9.78 Å². The fourth-order valence-electron chi connectivity index (χ4n) is 2.41. The zero-order chi connectivity index (χ0) is 16.2. The highest BCUT2D eigenvalue weighted by molar-refractivity contribution is 5.80. The molecule has 0 aliphatic carbocycles. The van der Waals surface area contributed by atoms with Gasteiger partial charge >= 0.3 is 0 Å². The number of hydrogen-bond acceptors (Lipinski definition) is 4. The van der Waals surface area contributed by atoms with E-state index in [1.54, 1.807) is 12.3 Å². The maximum absolute atomic E-state index is 12.3. The van der Waals surface area contributed by atoms with E-state index in [0.717, 1.165) is 10.9 Å². The van der Waals surface area contributed by atoms with E-state index in [4.69, 9.17) is 4.74 Å². The molecule has 0 radical (unpaired) electrons. The molecule has 1 unspecified atom stereocenters. The van der Waals surface area contributed by atoms with E-state index < -0.39 is 6.10 Å². The van der Waals surface area contributed by atoms with Crippen LogP contribution in [-0.2, 0) is 6.54 Å². The van der Waals surface area contributed by atoms with Crippen molar-refractivity contribution >= 4 is 10.8 Å². The monoisotopic (exact) mass is 310 g/mol. The number of benzene rings is 2. The molecule has 0 fully saturated rings. The number of aliphatic hydroxyl groups is 1. The molecular weight excluding hydrogens is 292 g/mol. The average molecular weight is 310 g/mol. The van der Waals surface area contributed by atoms with Crippen molar-refractivity contribution in [3.63, 3.8) is 0 Å². The topological polar surface area (TPSA) is 64.3 Å². The van der Waals surface area contributed by atoms with E-state index in [0.29, 0.717) is 11.1 Å². The molecule has 23 heavy (non-hydrogen) atoms. The standard InChI is InChI=1S/C18H18N2O3/c1-13-5-4-7-16(9-13)23-12-15(21)11-20-18(22)17-8-3-2-6-14(17)10-19-20/h2-10,15,21H,11-12H2,1H3. The van der Waals surface area contributed by atoms with Crippen LogP contribution in [0.4, 0.5) is 0 Å². The van der Waals surface area contributed by atoms with Gasteiger partial charge in [-0.2, -0.15) is 5.10 Å². The van der Waals surface area contributed by atoms with Crippen molar-refractivity contribution < 1.29 is 9.84 Å². The third-order valence-corrected chi connectivity index (χ3v) is 3.58. The van der Waals surface area contributed by atoms with Crippen molar-refractivity contribution in [2.45, 2.75) is 19.6 Å². The van der Waals surface area contributed by atoms with Crippen LogP contribution in [0.25, 0.3) is 10.8 Å². The van der Waals surface area contributed by atoms with Crippen LogP contribution in [0.15, 0.2) is 59.5 Å².